The van der Waals surface area contributed by atoms with Gasteiger partial charge in [-0.25, -0.2) is 0 Å². The minimum absolute atomic E-state index is 0.158. The predicted molar refractivity (Wildman–Crippen MR) is 77.5 cm³/mol. The van der Waals surface area contributed by atoms with E-state index in [0.29, 0.717) is 11.6 Å². The highest BCUT2D eigenvalue weighted by Gasteiger charge is 2.08. The highest BCUT2D eigenvalue weighted by Crippen LogP contribution is 2.28. The maximum atomic E-state index is 5.96. The third kappa shape index (κ3) is 2.82. The van der Waals surface area contributed by atoms with Crippen molar-refractivity contribution in [3.8, 4) is 5.75 Å². The summed E-state index contributed by atoms with van der Waals surface area (Å²) in [6.07, 6.45) is 2.14. The lowest BCUT2D eigenvalue weighted by Gasteiger charge is -2.11. The zero-order valence-corrected chi connectivity index (χ0v) is 11.9. The third-order valence-corrected chi connectivity index (χ3v) is 3.18. The Morgan fingerprint density at radius 1 is 1.39 bits per heavy atom. The molecule has 0 aliphatic rings. The first kappa shape index (κ1) is 13.3. The van der Waals surface area contributed by atoms with Gasteiger partial charge < -0.3 is 9.30 Å². The van der Waals surface area contributed by atoms with Crippen LogP contribution in [0.2, 0.25) is 0 Å². The van der Waals surface area contributed by atoms with Gasteiger partial charge in [-0.05, 0) is 32.0 Å². The van der Waals surface area contributed by atoms with E-state index in [-0.39, 0.29) is 6.10 Å². The molecule has 2 nitrogen and oxygen atoms in total. The molecule has 0 saturated carbocycles. The largest absolute Gasteiger partial charge is 0.490 e. The Morgan fingerprint density at radius 3 is 2.83 bits per heavy atom. The highest BCUT2D eigenvalue weighted by molar-refractivity contribution is 6.36. The fourth-order valence-electron chi connectivity index (χ4n) is 1.89. The van der Waals surface area contributed by atoms with Crippen molar-refractivity contribution in [3.63, 3.8) is 0 Å². The molecule has 1 heterocycles. The summed E-state index contributed by atoms with van der Waals surface area (Å²) in [5.74, 6) is 0.896. The topological polar surface area (TPSA) is 14.2 Å². The van der Waals surface area contributed by atoms with Crippen LogP contribution in [0.3, 0.4) is 0 Å². The molecule has 0 aliphatic carbocycles. The van der Waals surface area contributed by atoms with Crippen molar-refractivity contribution in [1.29, 1.82) is 0 Å². The first-order chi connectivity index (χ1) is 8.61. The van der Waals surface area contributed by atoms with Crippen molar-refractivity contribution < 1.29 is 4.74 Å². The molecule has 0 bridgehead atoms. The van der Waals surface area contributed by atoms with Gasteiger partial charge in [0.1, 0.15) is 5.75 Å². The van der Waals surface area contributed by atoms with Crippen LogP contribution < -0.4 is 4.74 Å². The number of nitrogens with zero attached hydrogens (tertiary/aromatic N) is 1. The number of fused-ring (bicyclic) bond motifs is 1. The summed E-state index contributed by atoms with van der Waals surface area (Å²) >= 11 is 11.5. The summed E-state index contributed by atoms with van der Waals surface area (Å²) in [6.45, 7) is 4.60. The van der Waals surface area contributed by atoms with Gasteiger partial charge in [0.2, 0.25) is 0 Å². The quantitative estimate of drug-likeness (QED) is 0.790. The van der Waals surface area contributed by atoms with Gasteiger partial charge >= 0.3 is 0 Å². The van der Waals surface area contributed by atoms with Crippen LogP contribution in [0, 0.1) is 0 Å². The van der Waals surface area contributed by atoms with Crippen LogP contribution in [0.15, 0.2) is 41.0 Å². The van der Waals surface area contributed by atoms with Gasteiger partial charge in [-0.3, -0.25) is 0 Å². The minimum Gasteiger partial charge on any atom is -0.490 e. The molecule has 0 saturated heterocycles. The number of hydrogen-bond acceptors (Lipinski definition) is 1. The summed E-state index contributed by atoms with van der Waals surface area (Å²) in [7, 11) is 0. The van der Waals surface area contributed by atoms with Crippen LogP contribution in [0.4, 0.5) is 0 Å². The molecule has 0 amide bonds. The molecule has 2 rings (SSSR count). The van der Waals surface area contributed by atoms with Gasteiger partial charge in [-0.1, -0.05) is 29.3 Å². The Balaban J connectivity index is 2.41. The number of benzene rings is 1. The summed E-state index contributed by atoms with van der Waals surface area (Å²) in [5.41, 5.74) is 2.48. The number of aromatic nitrogens is 1. The normalized spacial score (nSPS) is 12.4. The van der Waals surface area contributed by atoms with Crippen molar-refractivity contribution in [3.05, 3.63) is 41.0 Å². The Morgan fingerprint density at radius 2 is 2.17 bits per heavy atom. The second kappa shape index (κ2) is 5.68. The second-order valence-corrected chi connectivity index (χ2v) is 5.06. The van der Waals surface area contributed by atoms with Gasteiger partial charge in [0.15, 0.2) is 0 Å². The molecular weight excluding hydrogens is 269 g/mol. The Kier molecular flexibility index (Phi) is 4.20. The summed E-state index contributed by atoms with van der Waals surface area (Å²) in [6, 6.07) is 8.03. The van der Waals surface area contributed by atoms with Crippen molar-refractivity contribution >= 4 is 34.1 Å². The molecule has 4 heteroatoms. The van der Waals surface area contributed by atoms with Crippen LogP contribution in [0.1, 0.15) is 13.8 Å². The van der Waals surface area contributed by atoms with E-state index in [2.05, 4.69) is 0 Å². The first-order valence-electron chi connectivity index (χ1n) is 5.81. The standard InChI is InChI=1S/C14H15Cl2NO/c1-10(2)18-14-5-3-4-13-12(14)6-7-17(13)9-11(16)8-15/h3-8,10H,9H2,1-2H3/b11-8-. The average Bonchev–Trinajstić information content (AvgIpc) is 2.73. The van der Waals surface area contributed by atoms with Crippen molar-refractivity contribution in [2.45, 2.75) is 26.5 Å². The summed E-state index contributed by atoms with van der Waals surface area (Å²) in [5, 5.41) is 1.69. The van der Waals surface area contributed by atoms with Crippen LogP contribution >= 0.6 is 23.2 Å². The fourth-order valence-corrected chi connectivity index (χ4v) is 2.08. The molecule has 0 unspecified atom stereocenters. The van der Waals surface area contributed by atoms with E-state index in [0.717, 1.165) is 16.7 Å². The lowest BCUT2D eigenvalue weighted by atomic mass is 10.2. The zero-order valence-electron chi connectivity index (χ0n) is 10.4. The molecular formula is C14H15Cl2NO. The van der Waals surface area contributed by atoms with Gasteiger partial charge in [0.05, 0.1) is 18.2 Å². The second-order valence-electron chi connectivity index (χ2n) is 4.36. The van der Waals surface area contributed by atoms with E-state index in [1.807, 2.05) is 48.9 Å². The average molecular weight is 284 g/mol. The van der Waals surface area contributed by atoms with Crippen LogP contribution in [0.25, 0.3) is 10.9 Å². The molecule has 0 radical (unpaired) electrons. The maximum Gasteiger partial charge on any atom is 0.129 e. The number of hydrogen-bond donors (Lipinski definition) is 0. The Labute approximate surface area is 117 Å². The Hall–Kier alpha value is -1.12. The lowest BCUT2D eigenvalue weighted by Crippen LogP contribution is -2.05. The third-order valence-electron chi connectivity index (χ3n) is 2.58. The van der Waals surface area contributed by atoms with Gasteiger partial charge in [0, 0.05) is 22.2 Å². The van der Waals surface area contributed by atoms with Crippen molar-refractivity contribution in [1.82, 2.24) is 4.57 Å². The molecule has 0 spiro atoms. The molecule has 0 fully saturated rings. The van der Waals surface area contributed by atoms with E-state index >= 15 is 0 Å². The van der Waals surface area contributed by atoms with Gasteiger partial charge in [-0.2, -0.15) is 0 Å². The fraction of sp³-hybridized carbons (Fsp3) is 0.286. The van der Waals surface area contributed by atoms with E-state index in [1.54, 1.807) is 0 Å². The molecule has 1 aromatic carbocycles. The predicted octanol–water partition coefficient (Wildman–Crippen LogP) is 4.75. The highest BCUT2D eigenvalue weighted by atomic mass is 35.5. The summed E-state index contributed by atoms with van der Waals surface area (Å²) in [4.78, 5) is 0. The SMILES string of the molecule is CC(C)Oc1cccc2c1ccn2C/C(Cl)=C/Cl. The van der Waals surface area contributed by atoms with E-state index in [4.69, 9.17) is 27.9 Å². The molecule has 1 aromatic heterocycles. The first-order valence-corrected chi connectivity index (χ1v) is 6.62. The van der Waals surface area contributed by atoms with Gasteiger partial charge in [-0.15, -0.1) is 0 Å². The smallest absolute Gasteiger partial charge is 0.129 e. The van der Waals surface area contributed by atoms with E-state index in [1.165, 1.54) is 5.54 Å². The van der Waals surface area contributed by atoms with Gasteiger partial charge in [0.25, 0.3) is 0 Å². The molecule has 2 aromatic rings. The van der Waals surface area contributed by atoms with Crippen LogP contribution in [0.5, 0.6) is 5.75 Å². The number of allylic oxidation sites excluding steroid dienone is 1. The Bertz CT molecular complexity index is 572. The van der Waals surface area contributed by atoms with Crippen molar-refractivity contribution in [2.75, 3.05) is 0 Å². The maximum absolute atomic E-state index is 5.96. The molecule has 0 atom stereocenters. The molecule has 96 valence electrons. The van der Waals surface area contributed by atoms with E-state index in [9.17, 15) is 0 Å². The monoisotopic (exact) mass is 283 g/mol. The molecule has 0 aliphatic heterocycles. The minimum atomic E-state index is 0.158. The van der Waals surface area contributed by atoms with Crippen molar-refractivity contribution in [2.24, 2.45) is 0 Å². The molecule has 0 N–H and O–H groups in total. The lowest BCUT2D eigenvalue weighted by molar-refractivity contribution is 0.245. The van der Waals surface area contributed by atoms with Crippen LogP contribution in [-0.2, 0) is 6.54 Å². The summed E-state index contributed by atoms with van der Waals surface area (Å²) < 4.78 is 7.83. The van der Waals surface area contributed by atoms with Crippen LogP contribution in [-0.4, -0.2) is 10.7 Å². The zero-order chi connectivity index (χ0) is 13.1. The number of ether oxygens (including phenoxy) is 1. The van der Waals surface area contributed by atoms with E-state index < -0.39 is 0 Å². The number of rotatable bonds is 4. The molecule has 18 heavy (non-hydrogen) atoms. The number of halogens is 2.